The first kappa shape index (κ1) is 14.2. The summed E-state index contributed by atoms with van der Waals surface area (Å²) in [6, 6.07) is 4.53. The number of carbonyl (C=O) groups is 1. The van der Waals surface area contributed by atoms with Crippen LogP contribution in [0.5, 0.6) is 5.75 Å². The molecule has 2 rings (SSSR count). The Balaban J connectivity index is 2.04. The summed E-state index contributed by atoms with van der Waals surface area (Å²) in [6.07, 6.45) is 1.11. The van der Waals surface area contributed by atoms with Gasteiger partial charge in [0.15, 0.2) is 0 Å². The van der Waals surface area contributed by atoms with Gasteiger partial charge in [0.1, 0.15) is 5.75 Å². The Morgan fingerprint density at radius 3 is 2.95 bits per heavy atom. The third-order valence-corrected chi connectivity index (χ3v) is 3.79. The number of carbonyl (C=O) groups excluding carboxylic acids is 1. The number of rotatable bonds is 3. The minimum atomic E-state index is -0.186. The molecule has 104 valence electrons. The van der Waals surface area contributed by atoms with Gasteiger partial charge in [-0.05, 0) is 44.1 Å². The van der Waals surface area contributed by atoms with E-state index in [1.165, 1.54) is 12.1 Å². The van der Waals surface area contributed by atoms with Gasteiger partial charge in [0, 0.05) is 25.2 Å². The van der Waals surface area contributed by atoms with Gasteiger partial charge in [-0.15, -0.1) is 0 Å². The number of hydrogen-bond donors (Lipinski definition) is 1. The van der Waals surface area contributed by atoms with Crippen molar-refractivity contribution >= 4 is 17.5 Å². The fourth-order valence-corrected chi connectivity index (χ4v) is 2.70. The van der Waals surface area contributed by atoms with Crippen molar-refractivity contribution < 1.29 is 9.90 Å². The molecule has 1 saturated heterocycles. The molecule has 1 unspecified atom stereocenters. The second kappa shape index (κ2) is 5.80. The monoisotopic (exact) mass is 282 g/mol. The molecule has 1 aromatic rings. The van der Waals surface area contributed by atoms with Gasteiger partial charge in [-0.2, -0.15) is 0 Å². The van der Waals surface area contributed by atoms with Gasteiger partial charge in [-0.1, -0.05) is 11.6 Å². The Kier molecular flexibility index (Phi) is 4.32. The van der Waals surface area contributed by atoms with Gasteiger partial charge in [-0.3, -0.25) is 4.79 Å². The fraction of sp³-hybridized carbons (Fsp3) is 0.500. The van der Waals surface area contributed by atoms with Crippen LogP contribution in [0.4, 0.5) is 0 Å². The zero-order valence-electron chi connectivity index (χ0n) is 11.3. The van der Waals surface area contributed by atoms with Crippen LogP contribution in [0.15, 0.2) is 18.2 Å². The summed E-state index contributed by atoms with van der Waals surface area (Å²) in [5.41, 5.74) is 0.265. The minimum Gasteiger partial charge on any atom is -0.507 e. The third-order valence-electron chi connectivity index (χ3n) is 3.56. The highest BCUT2D eigenvalue weighted by Gasteiger charge is 2.24. The predicted octanol–water partition coefficient (Wildman–Crippen LogP) is 2.07. The maximum atomic E-state index is 12.3. The molecule has 0 radical (unpaired) electrons. The highest BCUT2D eigenvalue weighted by Crippen LogP contribution is 2.23. The number of hydrogen-bond acceptors (Lipinski definition) is 3. The third kappa shape index (κ3) is 3.39. The van der Waals surface area contributed by atoms with Gasteiger partial charge in [0.2, 0.25) is 0 Å². The summed E-state index contributed by atoms with van der Waals surface area (Å²) >= 11 is 5.87. The van der Waals surface area contributed by atoms with Crippen LogP contribution >= 0.6 is 11.6 Å². The van der Waals surface area contributed by atoms with Crippen LogP contribution in [0, 0.1) is 5.92 Å². The van der Waals surface area contributed by atoms with E-state index in [-0.39, 0.29) is 17.2 Å². The molecule has 1 aliphatic heterocycles. The Bertz CT molecular complexity index is 479. The lowest BCUT2D eigenvalue weighted by Gasteiger charge is -2.21. The molecule has 1 aliphatic rings. The molecular formula is C14H19ClN2O2. The van der Waals surface area contributed by atoms with Crippen molar-refractivity contribution in [2.75, 3.05) is 33.7 Å². The number of nitrogens with zero attached hydrogens (tertiary/aromatic N) is 2. The maximum Gasteiger partial charge on any atom is 0.257 e. The lowest BCUT2D eigenvalue weighted by Crippen LogP contribution is -2.32. The van der Waals surface area contributed by atoms with E-state index in [0.717, 1.165) is 19.5 Å². The van der Waals surface area contributed by atoms with Crippen molar-refractivity contribution in [2.45, 2.75) is 6.42 Å². The van der Waals surface area contributed by atoms with E-state index in [0.29, 0.717) is 17.5 Å². The van der Waals surface area contributed by atoms with E-state index >= 15 is 0 Å². The van der Waals surface area contributed by atoms with Crippen LogP contribution in [0.2, 0.25) is 5.02 Å². The first-order valence-electron chi connectivity index (χ1n) is 6.40. The van der Waals surface area contributed by atoms with Gasteiger partial charge in [0.05, 0.1) is 5.56 Å². The second-order valence-corrected chi connectivity index (χ2v) is 5.70. The summed E-state index contributed by atoms with van der Waals surface area (Å²) < 4.78 is 0. The molecule has 4 nitrogen and oxygen atoms in total. The highest BCUT2D eigenvalue weighted by molar-refractivity contribution is 6.31. The van der Waals surface area contributed by atoms with Crippen LogP contribution in [0.25, 0.3) is 0 Å². The van der Waals surface area contributed by atoms with Gasteiger partial charge in [0.25, 0.3) is 5.91 Å². The van der Waals surface area contributed by atoms with E-state index in [2.05, 4.69) is 11.9 Å². The van der Waals surface area contributed by atoms with E-state index in [1.807, 2.05) is 0 Å². The molecule has 0 aromatic heterocycles. The number of likely N-dealkylation sites (tertiary alicyclic amines) is 1. The summed E-state index contributed by atoms with van der Waals surface area (Å²) in [4.78, 5) is 16.2. The molecule has 0 bridgehead atoms. The molecule has 1 aromatic carbocycles. The fourth-order valence-electron chi connectivity index (χ4n) is 2.53. The normalized spacial score (nSPS) is 19.6. The quantitative estimate of drug-likeness (QED) is 0.923. The average Bonchev–Trinajstić information content (AvgIpc) is 2.77. The smallest absolute Gasteiger partial charge is 0.257 e. The van der Waals surface area contributed by atoms with Crippen LogP contribution in [0.3, 0.4) is 0 Å². The molecule has 1 atom stereocenters. The summed E-state index contributed by atoms with van der Waals surface area (Å²) in [7, 11) is 3.85. The first-order valence-corrected chi connectivity index (χ1v) is 6.77. The maximum absolute atomic E-state index is 12.3. The zero-order chi connectivity index (χ0) is 14.0. The van der Waals surface area contributed by atoms with Gasteiger partial charge in [-0.25, -0.2) is 0 Å². The highest BCUT2D eigenvalue weighted by atomic mass is 35.5. The van der Waals surface area contributed by atoms with E-state index in [1.54, 1.807) is 18.0 Å². The van der Waals surface area contributed by atoms with Gasteiger partial charge >= 0.3 is 0 Å². The molecule has 0 saturated carbocycles. The van der Waals surface area contributed by atoms with Crippen molar-refractivity contribution in [2.24, 2.45) is 5.92 Å². The van der Waals surface area contributed by atoms with Crippen molar-refractivity contribution in [3.8, 4) is 5.75 Å². The largest absolute Gasteiger partial charge is 0.507 e. The van der Waals surface area contributed by atoms with E-state index in [4.69, 9.17) is 11.6 Å². The van der Waals surface area contributed by atoms with E-state index < -0.39 is 0 Å². The van der Waals surface area contributed by atoms with Gasteiger partial charge < -0.3 is 14.9 Å². The van der Waals surface area contributed by atoms with Crippen molar-refractivity contribution in [1.82, 2.24) is 9.80 Å². The second-order valence-electron chi connectivity index (χ2n) is 5.26. The summed E-state index contributed by atoms with van der Waals surface area (Å²) in [5, 5.41) is 10.2. The number of phenolic OH excluding ortho intramolecular Hbond substituents is 1. The molecule has 0 aliphatic carbocycles. The molecule has 1 fully saturated rings. The number of aromatic hydroxyl groups is 1. The zero-order valence-corrected chi connectivity index (χ0v) is 12.0. The first-order chi connectivity index (χ1) is 8.97. The summed E-state index contributed by atoms with van der Waals surface area (Å²) in [5.74, 6) is 0.291. The van der Waals surface area contributed by atoms with Crippen molar-refractivity contribution in [3.63, 3.8) is 0 Å². The molecular weight excluding hydrogens is 264 g/mol. The number of benzene rings is 1. The van der Waals surface area contributed by atoms with Crippen molar-refractivity contribution in [1.29, 1.82) is 0 Å². The molecule has 0 spiro atoms. The minimum absolute atomic E-state index is 0.0233. The number of halogens is 1. The number of amides is 1. The van der Waals surface area contributed by atoms with Crippen LogP contribution in [0.1, 0.15) is 16.8 Å². The van der Waals surface area contributed by atoms with Crippen molar-refractivity contribution in [3.05, 3.63) is 28.8 Å². The predicted molar refractivity (Wildman–Crippen MR) is 75.7 cm³/mol. The Labute approximate surface area is 118 Å². The average molecular weight is 283 g/mol. The van der Waals surface area contributed by atoms with Crippen LogP contribution in [-0.2, 0) is 0 Å². The standard InChI is InChI=1S/C14H19ClN2O2/c1-16-6-5-10(8-16)9-17(2)14(19)12-7-11(15)3-4-13(12)18/h3-4,7,10,18H,5-6,8-9H2,1-2H3. The Morgan fingerprint density at radius 1 is 1.58 bits per heavy atom. The molecule has 1 amide bonds. The lowest BCUT2D eigenvalue weighted by molar-refractivity contribution is 0.0771. The molecule has 5 heteroatoms. The molecule has 1 heterocycles. The molecule has 1 N–H and O–H groups in total. The van der Waals surface area contributed by atoms with Crippen LogP contribution in [-0.4, -0.2) is 54.5 Å². The number of phenols is 1. The lowest BCUT2D eigenvalue weighted by atomic mass is 10.1. The van der Waals surface area contributed by atoms with E-state index in [9.17, 15) is 9.90 Å². The van der Waals surface area contributed by atoms with Crippen LogP contribution < -0.4 is 0 Å². The Hall–Kier alpha value is -1.26. The Morgan fingerprint density at radius 2 is 2.32 bits per heavy atom. The summed E-state index contributed by atoms with van der Waals surface area (Å²) in [6.45, 7) is 2.80. The SMILES string of the molecule is CN1CCC(CN(C)C(=O)c2cc(Cl)ccc2O)C1. The topological polar surface area (TPSA) is 43.8 Å². The molecule has 19 heavy (non-hydrogen) atoms.